The molecule has 0 radical (unpaired) electrons. The fraction of sp³-hybridized carbons (Fsp3) is 0.441. The van der Waals surface area contributed by atoms with E-state index in [0.717, 1.165) is 0 Å². The van der Waals surface area contributed by atoms with Gasteiger partial charge in [0.1, 0.15) is 23.6 Å². The Hall–Kier alpha value is -4.15. The number of esters is 1. The average molecular weight is 611 g/mol. The normalized spacial score (nSPS) is 26.5. The molecule has 0 saturated carbocycles. The van der Waals surface area contributed by atoms with E-state index in [9.17, 15) is 29.7 Å². The summed E-state index contributed by atoms with van der Waals surface area (Å²) in [6.07, 6.45) is 12.9. The van der Waals surface area contributed by atoms with Crippen molar-refractivity contribution in [1.82, 2.24) is 5.32 Å². The molecule has 10 nitrogen and oxygen atoms in total. The molecule has 2 bridgehead atoms. The Morgan fingerprint density at radius 2 is 1.86 bits per heavy atom. The second-order valence-corrected chi connectivity index (χ2v) is 10.9. The average Bonchev–Trinajstić information content (AvgIpc) is 2.99. The topological polar surface area (TPSA) is 154 Å². The van der Waals surface area contributed by atoms with Gasteiger partial charge in [0.25, 0.3) is 0 Å². The van der Waals surface area contributed by atoms with Gasteiger partial charge in [-0.1, -0.05) is 55.5 Å². The Morgan fingerprint density at radius 3 is 2.55 bits per heavy atom. The molecule has 0 fully saturated rings. The Labute approximate surface area is 259 Å². The van der Waals surface area contributed by atoms with Crippen LogP contribution in [0.4, 0.5) is 5.69 Å². The Kier molecular flexibility index (Phi) is 14.6. The van der Waals surface area contributed by atoms with Gasteiger partial charge in [-0.2, -0.15) is 0 Å². The van der Waals surface area contributed by atoms with E-state index in [1.54, 1.807) is 71.1 Å². The number of aliphatic hydroxyl groups excluding tert-OH is 1. The van der Waals surface area contributed by atoms with Gasteiger partial charge in [-0.05, 0) is 57.7 Å². The van der Waals surface area contributed by atoms with Crippen LogP contribution in [0.15, 0.2) is 71.9 Å². The maximum absolute atomic E-state index is 13.0. The number of nitrogens with one attached hydrogen (secondary N) is 2. The lowest BCUT2D eigenvalue weighted by atomic mass is 9.90. The number of carbonyl (C=O) groups is 3. The molecule has 0 aliphatic carbocycles. The highest BCUT2D eigenvalue weighted by molar-refractivity contribution is 5.95. The zero-order chi connectivity index (χ0) is 32.8. The summed E-state index contributed by atoms with van der Waals surface area (Å²) in [4.78, 5) is 37.8. The quantitative estimate of drug-likeness (QED) is 0.105. The van der Waals surface area contributed by atoms with Crippen LogP contribution in [0.5, 0.6) is 11.5 Å². The van der Waals surface area contributed by atoms with Crippen LogP contribution in [0.2, 0.25) is 0 Å². The molecule has 5 N–H and O–H groups in total. The lowest BCUT2D eigenvalue weighted by molar-refractivity contribution is -0.156. The zero-order valence-electron chi connectivity index (χ0n) is 26.4. The van der Waals surface area contributed by atoms with Crippen molar-refractivity contribution in [2.75, 3.05) is 12.4 Å². The molecule has 0 unspecified atom stereocenters. The van der Waals surface area contributed by atoms with Crippen molar-refractivity contribution in [3.63, 3.8) is 0 Å². The highest BCUT2D eigenvalue weighted by Crippen LogP contribution is 2.34. The zero-order valence-corrected chi connectivity index (χ0v) is 26.4. The van der Waals surface area contributed by atoms with Gasteiger partial charge in [0, 0.05) is 31.1 Å². The van der Waals surface area contributed by atoms with E-state index in [4.69, 9.17) is 9.47 Å². The van der Waals surface area contributed by atoms with E-state index in [1.807, 2.05) is 12.2 Å². The first-order valence-electron chi connectivity index (χ1n) is 14.7. The van der Waals surface area contributed by atoms with Crippen molar-refractivity contribution in [2.45, 2.75) is 84.7 Å². The van der Waals surface area contributed by atoms with Crippen LogP contribution in [-0.2, 0) is 30.3 Å². The molecule has 10 heteroatoms. The summed E-state index contributed by atoms with van der Waals surface area (Å²) >= 11 is 0. The van der Waals surface area contributed by atoms with Crippen molar-refractivity contribution >= 4 is 23.5 Å². The van der Waals surface area contributed by atoms with E-state index in [0.29, 0.717) is 36.0 Å². The summed E-state index contributed by atoms with van der Waals surface area (Å²) in [5.74, 6) is -2.15. The van der Waals surface area contributed by atoms with Crippen molar-refractivity contribution in [3.8, 4) is 11.5 Å². The third kappa shape index (κ3) is 11.2. The summed E-state index contributed by atoms with van der Waals surface area (Å²) in [5, 5.41) is 37.5. The van der Waals surface area contributed by atoms with Gasteiger partial charge in [0.2, 0.25) is 11.8 Å². The van der Waals surface area contributed by atoms with Crippen molar-refractivity contribution < 1.29 is 39.2 Å². The predicted molar refractivity (Wildman–Crippen MR) is 170 cm³/mol. The first-order chi connectivity index (χ1) is 20.9. The van der Waals surface area contributed by atoms with Gasteiger partial charge in [0.05, 0.1) is 24.3 Å². The summed E-state index contributed by atoms with van der Waals surface area (Å²) in [7, 11) is 1.48. The molecule has 5 atom stereocenters. The molecule has 240 valence electrons. The standard InChI is InChI=1S/C34H46N2O8/c1-7-21(2)33(41)35-24(5)34(42)44-29-17-12-10-8-9-11-16-27(43-6)20-30(38)36-28-19-26(37)18-25(32(28)40)15-13-14-22(3)31(39)23(29)4/h7-12,14,16,18-19,23-24,27,29,31,37,39-40H,13,15,17,20H2,1-6H3,(H,35,41)(H,36,38)/b9-8-,12-10-,16-11-,21-7+,22-14-/t23-,24+,27-,29-,31-/m0/s1. The van der Waals surface area contributed by atoms with Gasteiger partial charge in [-0.25, -0.2) is 4.79 Å². The van der Waals surface area contributed by atoms with Crippen LogP contribution in [-0.4, -0.2) is 64.6 Å². The number of aliphatic hydroxyl groups is 1. The monoisotopic (exact) mass is 610 g/mol. The van der Waals surface area contributed by atoms with Crippen molar-refractivity contribution in [2.24, 2.45) is 5.92 Å². The first kappa shape index (κ1) is 36.0. The fourth-order valence-corrected chi connectivity index (χ4v) is 4.50. The number of hydrogen-bond donors (Lipinski definition) is 5. The number of rotatable bonds is 5. The van der Waals surface area contributed by atoms with Gasteiger partial charge < -0.3 is 35.4 Å². The van der Waals surface area contributed by atoms with Gasteiger partial charge in [-0.15, -0.1) is 0 Å². The number of aryl methyl sites for hydroxylation is 1. The second kappa shape index (κ2) is 17.8. The van der Waals surface area contributed by atoms with Gasteiger partial charge in [-0.3, -0.25) is 9.59 Å². The largest absolute Gasteiger partial charge is 0.508 e. The Morgan fingerprint density at radius 1 is 1.16 bits per heavy atom. The van der Waals surface area contributed by atoms with E-state index in [1.165, 1.54) is 19.2 Å². The minimum Gasteiger partial charge on any atom is -0.508 e. The maximum Gasteiger partial charge on any atom is 0.328 e. The number of carbonyl (C=O) groups excluding carboxylic acids is 3. The SMILES string of the molecule is C/C=C(\C)C(=O)N[C@H](C)C(=O)O[C@H]1C\C=C/C=C\C=C/[C@H](OC)CC(=O)Nc2cc(O)cc(c2O)CC/C=C(/C)[C@H](O)[C@H]1C. The summed E-state index contributed by atoms with van der Waals surface area (Å²) < 4.78 is 11.2. The number of hydrogen-bond acceptors (Lipinski definition) is 8. The number of allylic oxidation sites excluding steroid dienone is 6. The van der Waals surface area contributed by atoms with Crippen LogP contribution in [0, 0.1) is 5.92 Å². The molecule has 2 rings (SSSR count). The second-order valence-electron chi connectivity index (χ2n) is 10.9. The summed E-state index contributed by atoms with van der Waals surface area (Å²) in [6, 6.07) is 1.81. The number of anilines is 1. The maximum atomic E-state index is 13.0. The molecule has 1 aromatic rings. The molecule has 0 spiro atoms. The highest BCUT2D eigenvalue weighted by atomic mass is 16.5. The third-order valence-electron chi connectivity index (χ3n) is 7.49. The van der Waals surface area contributed by atoms with Gasteiger partial charge in [0.15, 0.2) is 0 Å². The van der Waals surface area contributed by atoms with Crippen LogP contribution >= 0.6 is 0 Å². The van der Waals surface area contributed by atoms with Crippen LogP contribution < -0.4 is 10.6 Å². The van der Waals surface area contributed by atoms with E-state index < -0.39 is 42.1 Å². The number of phenols is 2. The molecule has 0 aromatic heterocycles. The number of amides is 2. The van der Waals surface area contributed by atoms with Crippen LogP contribution in [0.1, 0.15) is 59.4 Å². The van der Waals surface area contributed by atoms with Crippen LogP contribution in [0.3, 0.4) is 0 Å². The molecule has 1 heterocycles. The third-order valence-corrected chi connectivity index (χ3v) is 7.49. The molecule has 44 heavy (non-hydrogen) atoms. The number of phenolic OH excluding ortho intramolecular Hbond substituents is 2. The molecule has 1 aliphatic rings. The Bertz CT molecular complexity index is 1310. The minimum absolute atomic E-state index is 0.0148. The number of methoxy groups -OCH3 is 1. The number of benzene rings is 1. The predicted octanol–water partition coefficient (Wildman–Crippen LogP) is 4.77. The summed E-state index contributed by atoms with van der Waals surface area (Å²) in [5.41, 5.74) is 1.63. The van der Waals surface area contributed by atoms with Crippen molar-refractivity contribution in [3.05, 3.63) is 77.5 Å². The lowest BCUT2D eigenvalue weighted by Gasteiger charge is -2.29. The van der Waals surface area contributed by atoms with Gasteiger partial charge >= 0.3 is 5.97 Å². The molecular weight excluding hydrogens is 564 g/mol. The first-order valence-corrected chi connectivity index (χ1v) is 14.7. The molecule has 2 amide bonds. The Balaban J connectivity index is 2.36. The molecule has 0 saturated heterocycles. The van der Waals surface area contributed by atoms with E-state index in [2.05, 4.69) is 10.6 Å². The van der Waals surface area contributed by atoms with Crippen LogP contribution in [0.25, 0.3) is 0 Å². The molecular formula is C34H46N2O8. The van der Waals surface area contributed by atoms with Crippen molar-refractivity contribution in [1.29, 1.82) is 0 Å². The summed E-state index contributed by atoms with van der Waals surface area (Å²) in [6.45, 7) is 8.49. The fourth-order valence-electron chi connectivity index (χ4n) is 4.50. The number of aromatic hydroxyl groups is 2. The van der Waals surface area contributed by atoms with E-state index in [-0.39, 0.29) is 29.5 Å². The highest BCUT2D eigenvalue weighted by Gasteiger charge is 2.30. The number of fused-ring (bicyclic) bond motifs is 2. The minimum atomic E-state index is -0.956. The number of ether oxygens (including phenoxy) is 2. The smallest absolute Gasteiger partial charge is 0.328 e. The molecule has 1 aliphatic heterocycles. The van der Waals surface area contributed by atoms with E-state index >= 15 is 0 Å². The molecule has 1 aromatic carbocycles. The lowest BCUT2D eigenvalue weighted by Crippen LogP contribution is -2.43.